The van der Waals surface area contributed by atoms with Gasteiger partial charge < -0.3 is 4.90 Å². The molecule has 1 heteroatoms. The minimum atomic E-state index is 0.431. The molecular formula is C10H23N. The summed E-state index contributed by atoms with van der Waals surface area (Å²) in [5.74, 6) is 0. The smallest absolute Gasteiger partial charge is 0.00387 e. The van der Waals surface area contributed by atoms with E-state index in [1.807, 2.05) is 0 Å². The maximum Gasteiger partial charge on any atom is 0.00387 e. The zero-order valence-corrected chi connectivity index (χ0v) is 8.94. The van der Waals surface area contributed by atoms with Gasteiger partial charge in [0.25, 0.3) is 0 Å². The second-order valence-electron chi connectivity index (χ2n) is 4.72. The molecule has 0 spiro atoms. The van der Waals surface area contributed by atoms with Crippen molar-refractivity contribution in [1.29, 1.82) is 0 Å². The standard InChI is InChI=1S/C10H23N/c1-7-11(9(2)3)8-10(4,5)6/h9H,7-8H2,1-6H3. The number of hydrogen-bond donors (Lipinski definition) is 0. The second-order valence-corrected chi connectivity index (χ2v) is 4.72. The van der Waals surface area contributed by atoms with Crippen LogP contribution in [-0.4, -0.2) is 24.0 Å². The molecule has 0 aromatic carbocycles. The van der Waals surface area contributed by atoms with Crippen LogP contribution in [0.4, 0.5) is 0 Å². The van der Waals surface area contributed by atoms with Crippen LogP contribution in [0.25, 0.3) is 0 Å². The Hall–Kier alpha value is -0.0400. The predicted octanol–water partition coefficient (Wildman–Crippen LogP) is 2.76. The molecule has 0 atom stereocenters. The number of hydrogen-bond acceptors (Lipinski definition) is 1. The molecule has 0 aromatic rings. The van der Waals surface area contributed by atoms with E-state index < -0.39 is 0 Å². The van der Waals surface area contributed by atoms with Gasteiger partial charge >= 0.3 is 0 Å². The van der Waals surface area contributed by atoms with Crippen LogP contribution in [0.5, 0.6) is 0 Å². The maximum atomic E-state index is 2.50. The van der Waals surface area contributed by atoms with Crippen molar-refractivity contribution in [2.24, 2.45) is 5.41 Å². The topological polar surface area (TPSA) is 3.24 Å². The van der Waals surface area contributed by atoms with Crippen molar-refractivity contribution in [2.75, 3.05) is 13.1 Å². The normalized spacial score (nSPS) is 13.1. The second kappa shape index (κ2) is 4.10. The lowest BCUT2D eigenvalue weighted by molar-refractivity contribution is 0.163. The number of nitrogens with zero attached hydrogens (tertiary/aromatic N) is 1. The Balaban J connectivity index is 3.88. The van der Waals surface area contributed by atoms with Crippen molar-refractivity contribution in [3.63, 3.8) is 0 Å². The van der Waals surface area contributed by atoms with E-state index >= 15 is 0 Å². The molecule has 0 heterocycles. The third-order valence-electron chi connectivity index (χ3n) is 1.81. The minimum Gasteiger partial charge on any atom is -0.301 e. The van der Waals surface area contributed by atoms with E-state index in [4.69, 9.17) is 0 Å². The quantitative estimate of drug-likeness (QED) is 0.609. The van der Waals surface area contributed by atoms with Crippen molar-refractivity contribution < 1.29 is 0 Å². The summed E-state index contributed by atoms with van der Waals surface area (Å²) in [6, 6.07) is 0.680. The van der Waals surface area contributed by atoms with Gasteiger partial charge in [-0.05, 0) is 25.8 Å². The van der Waals surface area contributed by atoms with Gasteiger partial charge in [0.15, 0.2) is 0 Å². The summed E-state index contributed by atoms with van der Waals surface area (Å²) in [7, 11) is 0. The minimum absolute atomic E-state index is 0.431. The first-order valence-electron chi connectivity index (χ1n) is 4.61. The van der Waals surface area contributed by atoms with Crippen LogP contribution >= 0.6 is 0 Å². The van der Waals surface area contributed by atoms with Crippen LogP contribution in [0.2, 0.25) is 0 Å². The monoisotopic (exact) mass is 157 g/mol. The van der Waals surface area contributed by atoms with Crippen molar-refractivity contribution >= 4 is 0 Å². The number of rotatable bonds is 3. The fourth-order valence-corrected chi connectivity index (χ4v) is 1.27. The molecule has 0 aliphatic carbocycles. The Morgan fingerprint density at radius 3 is 1.73 bits per heavy atom. The summed E-state index contributed by atoms with van der Waals surface area (Å²) in [4.78, 5) is 2.50. The van der Waals surface area contributed by atoms with E-state index in [9.17, 15) is 0 Å². The largest absolute Gasteiger partial charge is 0.301 e. The molecule has 0 aliphatic heterocycles. The molecule has 0 aliphatic rings. The van der Waals surface area contributed by atoms with Gasteiger partial charge in [0.05, 0.1) is 0 Å². The van der Waals surface area contributed by atoms with Gasteiger partial charge in [0, 0.05) is 12.6 Å². The average Bonchev–Trinajstić information content (AvgIpc) is 1.80. The van der Waals surface area contributed by atoms with Crippen molar-refractivity contribution in [3.8, 4) is 0 Å². The molecule has 0 aromatic heterocycles. The fraction of sp³-hybridized carbons (Fsp3) is 1.00. The summed E-state index contributed by atoms with van der Waals surface area (Å²) in [6.45, 7) is 16.0. The highest BCUT2D eigenvalue weighted by molar-refractivity contribution is 4.70. The zero-order chi connectivity index (χ0) is 9.07. The first-order chi connectivity index (χ1) is 4.87. The molecule has 0 radical (unpaired) electrons. The third-order valence-corrected chi connectivity index (χ3v) is 1.81. The van der Waals surface area contributed by atoms with Crippen LogP contribution in [0, 0.1) is 5.41 Å². The van der Waals surface area contributed by atoms with E-state index in [1.165, 1.54) is 6.54 Å². The van der Waals surface area contributed by atoms with Crippen molar-refractivity contribution in [1.82, 2.24) is 4.90 Å². The summed E-state index contributed by atoms with van der Waals surface area (Å²) in [6.07, 6.45) is 0. The van der Waals surface area contributed by atoms with E-state index in [0.717, 1.165) is 6.54 Å². The molecule has 0 N–H and O–H groups in total. The molecule has 0 rings (SSSR count). The molecular weight excluding hydrogens is 134 g/mol. The molecule has 0 amide bonds. The molecule has 0 fully saturated rings. The summed E-state index contributed by atoms with van der Waals surface area (Å²) in [5.41, 5.74) is 0.431. The Morgan fingerprint density at radius 2 is 1.64 bits per heavy atom. The SMILES string of the molecule is CCN(CC(C)(C)C)C(C)C. The molecule has 0 saturated carbocycles. The van der Waals surface area contributed by atoms with E-state index in [2.05, 4.69) is 46.4 Å². The molecule has 0 bridgehead atoms. The Kier molecular flexibility index (Phi) is 4.09. The third kappa shape index (κ3) is 5.25. The van der Waals surface area contributed by atoms with Crippen LogP contribution in [0.1, 0.15) is 41.5 Å². The highest BCUT2D eigenvalue weighted by Gasteiger charge is 2.16. The van der Waals surface area contributed by atoms with Gasteiger partial charge in [-0.1, -0.05) is 27.7 Å². The van der Waals surface area contributed by atoms with Crippen LogP contribution in [-0.2, 0) is 0 Å². The summed E-state index contributed by atoms with van der Waals surface area (Å²) < 4.78 is 0. The van der Waals surface area contributed by atoms with Gasteiger partial charge in [-0.2, -0.15) is 0 Å². The van der Waals surface area contributed by atoms with Gasteiger partial charge in [0.2, 0.25) is 0 Å². The zero-order valence-electron chi connectivity index (χ0n) is 8.94. The lowest BCUT2D eigenvalue weighted by Gasteiger charge is -2.31. The molecule has 0 saturated heterocycles. The highest BCUT2D eigenvalue weighted by atomic mass is 15.1. The Morgan fingerprint density at radius 1 is 1.18 bits per heavy atom. The molecule has 11 heavy (non-hydrogen) atoms. The van der Waals surface area contributed by atoms with E-state index in [1.54, 1.807) is 0 Å². The molecule has 0 unspecified atom stereocenters. The van der Waals surface area contributed by atoms with E-state index in [0.29, 0.717) is 11.5 Å². The van der Waals surface area contributed by atoms with Crippen molar-refractivity contribution in [3.05, 3.63) is 0 Å². The van der Waals surface area contributed by atoms with Crippen LogP contribution in [0.3, 0.4) is 0 Å². The van der Waals surface area contributed by atoms with Gasteiger partial charge in [-0.15, -0.1) is 0 Å². The Bertz CT molecular complexity index is 99.9. The maximum absolute atomic E-state index is 2.50. The fourth-order valence-electron chi connectivity index (χ4n) is 1.27. The summed E-state index contributed by atoms with van der Waals surface area (Å²) >= 11 is 0. The van der Waals surface area contributed by atoms with Gasteiger partial charge in [-0.25, -0.2) is 0 Å². The van der Waals surface area contributed by atoms with Gasteiger partial charge in [-0.3, -0.25) is 0 Å². The lowest BCUT2D eigenvalue weighted by Crippen LogP contribution is -2.37. The summed E-state index contributed by atoms with van der Waals surface area (Å²) in [5, 5.41) is 0. The predicted molar refractivity (Wildman–Crippen MR) is 51.8 cm³/mol. The first kappa shape index (κ1) is 11.0. The highest BCUT2D eigenvalue weighted by Crippen LogP contribution is 2.16. The van der Waals surface area contributed by atoms with Crippen LogP contribution in [0.15, 0.2) is 0 Å². The molecule has 68 valence electrons. The average molecular weight is 157 g/mol. The lowest BCUT2D eigenvalue weighted by atomic mass is 9.95. The first-order valence-corrected chi connectivity index (χ1v) is 4.61. The van der Waals surface area contributed by atoms with Crippen molar-refractivity contribution in [2.45, 2.75) is 47.6 Å². The van der Waals surface area contributed by atoms with Crippen LogP contribution < -0.4 is 0 Å². The van der Waals surface area contributed by atoms with E-state index in [-0.39, 0.29) is 0 Å². The Labute approximate surface area is 71.8 Å². The van der Waals surface area contributed by atoms with Gasteiger partial charge in [0.1, 0.15) is 0 Å². The molecule has 1 nitrogen and oxygen atoms in total.